The van der Waals surface area contributed by atoms with Crippen LogP contribution in [0.15, 0.2) is 18.5 Å². The number of carbonyl (C=O) groups is 1. The molecular weight excluding hydrogens is 303 g/mol. The van der Waals surface area contributed by atoms with Gasteiger partial charge in [-0.1, -0.05) is 15.9 Å². The minimum atomic E-state index is -0.507. The van der Waals surface area contributed by atoms with E-state index in [4.69, 9.17) is 4.74 Å². The summed E-state index contributed by atoms with van der Waals surface area (Å²) in [5, 5.41) is 0.765. The molecule has 6 heteroatoms. The third-order valence-corrected chi connectivity index (χ3v) is 2.67. The third-order valence-electron chi connectivity index (χ3n) is 2.35. The summed E-state index contributed by atoms with van der Waals surface area (Å²) in [4.78, 5) is 17.3. The first-order chi connectivity index (χ1) is 8.69. The Bertz CT molecular complexity index is 390. The lowest BCUT2D eigenvalue weighted by molar-refractivity contribution is 0.0671. The summed E-state index contributed by atoms with van der Waals surface area (Å²) in [5.74, 6) is -0.737. The molecule has 0 aromatic carbocycles. The summed E-state index contributed by atoms with van der Waals surface area (Å²) in [6, 6.07) is 1.19. The van der Waals surface area contributed by atoms with E-state index in [1.807, 2.05) is 6.92 Å². The van der Waals surface area contributed by atoms with Crippen LogP contribution in [0.4, 0.5) is 4.39 Å². The van der Waals surface area contributed by atoms with Gasteiger partial charge in [-0.15, -0.1) is 0 Å². The topological polar surface area (TPSA) is 42.4 Å². The molecule has 0 bridgehead atoms. The van der Waals surface area contributed by atoms with Crippen molar-refractivity contribution >= 4 is 21.8 Å². The van der Waals surface area contributed by atoms with Gasteiger partial charge in [0.25, 0.3) is 5.91 Å². The molecule has 1 rings (SSSR count). The van der Waals surface area contributed by atoms with Crippen LogP contribution in [0.1, 0.15) is 17.3 Å². The number of hydrogen-bond donors (Lipinski definition) is 0. The van der Waals surface area contributed by atoms with E-state index in [9.17, 15) is 9.18 Å². The van der Waals surface area contributed by atoms with Crippen LogP contribution >= 0.6 is 15.9 Å². The van der Waals surface area contributed by atoms with Crippen LogP contribution in [0.3, 0.4) is 0 Å². The van der Waals surface area contributed by atoms with Gasteiger partial charge in [-0.05, 0) is 13.0 Å². The summed E-state index contributed by atoms with van der Waals surface area (Å²) in [7, 11) is 0. The van der Waals surface area contributed by atoms with E-state index in [1.54, 1.807) is 4.90 Å². The number of rotatable bonds is 7. The van der Waals surface area contributed by atoms with Gasteiger partial charge < -0.3 is 9.64 Å². The number of hydrogen-bond acceptors (Lipinski definition) is 3. The summed E-state index contributed by atoms with van der Waals surface area (Å²) >= 11 is 3.25. The molecule has 0 atom stereocenters. The van der Waals surface area contributed by atoms with Gasteiger partial charge in [-0.25, -0.2) is 4.39 Å². The minimum Gasteiger partial charge on any atom is -0.379 e. The molecule has 0 aliphatic heterocycles. The van der Waals surface area contributed by atoms with Gasteiger partial charge in [0.2, 0.25) is 0 Å². The van der Waals surface area contributed by atoms with Crippen molar-refractivity contribution in [2.75, 3.05) is 31.6 Å². The van der Waals surface area contributed by atoms with Gasteiger partial charge in [0, 0.05) is 24.6 Å². The number of halogens is 2. The highest BCUT2D eigenvalue weighted by molar-refractivity contribution is 9.09. The number of aromatic nitrogens is 1. The zero-order valence-electron chi connectivity index (χ0n) is 10.2. The van der Waals surface area contributed by atoms with E-state index in [0.717, 1.165) is 11.5 Å². The fraction of sp³-hybridized carbons (Fsp3) is 0.500. The van der Waals surface area contributed by atoms with Crippen molar-refractivity contribution in [3.63, 3.8) is 0 Å². The number of likely N-dealkylation sites (N-methyl/N-ethyl adjacent to an activating group) is 1. The maximum atomic E-state index is 13.0. The first-order valence-electron chi connectivity index (χ1n) is 5.72. The molecule has 0 fully saturated rings. The van der Waals surface area contributed by atoms with Gasteiger partial charge in [0.05, 0.1) is 25.0 Å². The van der Waals surface area contributed by atoms with E-state index >= 15 is 0 Å². The molecule has 0 aliphatic rings. The zero-order chi connectivity index (χ0) is 13.4. The molecular formula is C12H16BrFN2O2. The molecule has 4 nitrogen and oxygen atoms in total. The van der Waals surface area contributed by atoms with Crippen LogP contribution in [-0.4, -0.2) is 47.4 Å². The van der Waals surface area contributed by atoms with Crippen molar-refractivity contribution < 1.29 is 13.9 Å². The van der Waals surface area contributed by atoms with Crippen LogP contribution in [0.2, 0.25) is 0 Å². The monoisotopic (exact) mass is 318 g/mol. The van der Waals surface area contributed by atoms with Gasteiger partial charge >= 0.3 is 0 Å². The normalized spacial score (nSPS) is 10.4. The first-order valence-corrected chi connectivity index (χ1v) is 6.84. The number of nitrogens with zero attached hydrogens (tertiary/aromatic N) is 2. The van der Waals surface area contributed by atoms with Crippen LogP contribution < -0.4 is 0 Å². The van der Waals surface area contributed by atoms with Gasteiger partial charge in [-0.2, -0.15) is 0 Å². The van der Waals surface area contributed by atoms with Crippen molar-refractivity contribution in [1.29, 1.82) is 0 Å². The molecule has 1 aromatic rings. The molecule has 0 unspecified atom stereocenters. The third kappa shape index (κ3) is 4.70. The summed E-state index contributed by atoms with van der Waals surface area (Å²) < 4.78 is 18.3. The van der Waals surface area contributed by atoms with Gasteiger partial charge in [-0.3, -0.25) is 9.78 Å². The highest BCUT2D eigenvalue weighted by Gasteiger charge is 2.14. The molecule has 1 aromatic heterocycles. The van der Waals surface area contributed by atoms with E-state index in [2.05, 4.69) is 20.9 Å². The molecule has 0 saturated heterocycles. The Morgan fingerprint density at radius 3 is 2.89 bits per heavy atom. The summed E-state index contributed by atoms with van der Waals surface area (Å²) in [6.45, 7) is 3.97. The number of ether oxygens (including phenoxy) is 1. The smallest absolute Gasteiger partial charge is 0.255 e. The largest absolute Gasteiger partial charge is 0.379 e. The van der Waals surface area contributed by atoms with E-state index in [-0.39, 0.29) is 11.5 Å². The Balaban J connectivity index is 2.56. The highest BCUT2D eigenvalue weighted by atomic mass is 79.9. The SMILES string of the molecule is CCN(CCOCCBr)C(=O)c1cncc(F)c1. The molecule has 0 spiro atoms. The zero-order valence-corrected chi connectivity index (χ0v) is 11.8. The maximum absolute atomic E-state index is 13.0. The van der Waals surface area contributed by atoms with Crippen molar-refractivity contribution in [2.45, 2.75) is 6.92 Å². The highest BCUT2D eigenvalue weighted by Crippen LogP contribution is 2.05. The fourth-order valence-electron chi connectivity index (χ4n) is 1.45. The lowest BCUT2D eigenvalue weighted by Gasteiger charge is -2.20. The summed E-state index contributed by atoms with van der Waals surface area (Å²) in [5.41, 5.74) is 0.261. The quantitative estimate of drug-likeness (QED) is 0.571. The standard InChI is InChI=1S/C12H16BrFN2O2/c1-2-16(4-6-18-5-3-13)12(17)10-7-11(14)9-15-8-10/h7-9H,2-6H2,1H3. The lowest BCUT2D eigenvalue weighted by atomic mass is 10.2. The number of amides is 1. The molecule has 0 radical (unpaired) electrons. The maximum Gasteiger partial charge on any atom is 0.255 e. The second kappa shape index (κ2) is 8.16. The minimum absolute atomic E-state index is 0.230. The Hall–Kier alpha value is -1.01. The molecule has 18 heavy (non-hydrogen) atoms. The predicted octanol–water partition coefficient (Wildman–Crippen LogP) is 2.09. The molecule has 100 valence electrons. The second-order valence-electron chi connectivity index (χ2n) is 3.58. The Kier molecular flexibility index (Phi) is 6.82. The van der Waals surface area contributed by atoms with Crippen molar-refractivity contribution in [1.82, 2.24) is 9.88 Å². The van der Waals surface area contributed by atoms with Gasteiger partial charge in [0.1, 0.15) is 5.82 Å². The Labute approximate surface area is 114 Å². The number of pyridine rings is 1. The van der Waals surface area contributed by atoms with Crippen LogP contribution in [-0.2, 0) is 4.74 Å². The average molecular weight is 319 g/mol. The van der Waals surface area contributed by atoms with Crippen LogP contribution in [0, 0.1) is 5.82 Å². The Morgan fingerprint density at radius 2 is 2.28 bits per heavy atom. The van der Waals surface area contributed by atoms with Crippen molar-refractivity contribution in [3.05, 3.63) is 29.8 Å². The van der Waals surface area contributed by atoms with E-state index < -0.39 is 5.82 Å². The second-order valence-corrected chi connectivity index (χ2v) is 4.37. The lowest BCUT2D eigenvalue weighted by Crippen LogP contribution is -2.34. The molecule has 0 aliphatic carbocycles. The summed E-state index contributed by atoms with van der Waals surface area (Å²) in [6.07, 6.45) is 2.44. The Morgan fingerprint density at radius 1 is 1.50 bits per heavy atom. The predicted molar refractivity (Wildman–Crippen MR) is 70.4 cm³/mol. The fourth-order valence-corrected chi connectivity index (χ4v) is 1.67. The van der Waals surface area contributed by atoms with Gasteiger partial charge in [0.15, 0.2) is 0 Å². The molecule has 1 heterocycles. The van der Waals surface area contributed by atoms with Crippen LogP contribution in [0.5, 0.6) is 0 Å². The average Bonchev–Trinajstić information content (AvgIpc) is 2.38. The van der Waals surface area contributed by atoms with Crippen molar-refractivity contribution in [3.8, 4) is 0 Å². The first kappa shape index (κ1) is 15.0. The number of alkyl halides is 1. The van der Waals surface area contributed by atoms with Crippen molar-refractivity contribution in [2.24, 2.45) is 0 Å². The van der Waals surface area contributed by atoms with E-state index in [1.165, 1.54) is 12.3 Å². The van der Waals surface area contributed by atoms with Crippen LogP contribution in [0.25, 0.3) is 0 Å². The molecule has 0 N–H and O–H groups in total. The molecule has 0 saturated carbocycles. The number of carbonyl (C=O) groups excluding carboxylic acids is 1. The van der Waals surface area contributed by atoms with E-state index in [0.29, 0.717) is 26.3 Å². The molecule has 1 amide bonds.